The fourth-order valence-corrected chi connectivity index (χ4v) is 1.93. The molecule has 0 heterocycles. The third-order valence-corrected chi connectivity index (χ3v) is 3.26. The second kappa shape index (κ2) is 5.59. The fraction of sp³-hybridized carbons (Fsp3) is 0.375. The number of rotatable bonds is 3. The zero-order chi connectivity index (χ0) is 13.7. The molecular formula is C16H16N2O. The van der Waals surface area contributed by atoms with Gasteiger partial charge in [-0.25, -0.2) is 0 Å². The van der Waals surface area contributed by atoms with E-state index in [0.29, 0.717) is 13.0 Å². The van der Waals surface area contributed by atoms with E-state index in [1.165, 1.54) is 6.92 Å². The molecule has 0 spiro atoms. The molecule has 3 nitrogen and oxygen atoms in total. The molecule has 0 radical (unpaired) electrons. The van der Waals surface area contributed by atoms with Gasteiger partial charge in [-0.2, -0.15) is 5.26 Å². The first-order chi connectivity index (χ1) is 9.16. The maximum absolute atomic E-state index is 10.7. The highest BCUT2D eigenvalue weighted by Gasteiger charge is 2.44. The largest absolute Gasteiger partial charge is 0.355 e. The summed E-state index contributed by atoms with van der Waals surface area (Å²) in [6.45, 7) is 2.08. The number of carbonyl (C=O) groups is 1. The monoisotopic (exact) mass is 252 g/mol. The molecule has 1 saturated carbocycles. The lowest BCUT2D eigenvalue weighted by Gasteiger charge is -2.04. The molecule has 0 aliphatic heterocycles. The predicted molar refractivity (Wildman–Crippen MR) is 73.1 cm³/mol. The Balaban J connectivity index is 1.91. The van der Waals surface area contributed by atoms with Crippen LogP contribution in [-0.4, -0.2) is 12.5 Å². The van der Waals surface area contributed by atoms with E-state index in [9.17, 15) is 4.79 Å². The Labute approximate surface area is 113 Å². The van der Waals surface area contributed by atoms with E-state index in [1.807, 2.05) is 24.3 Å². The zero-order valence-corrected chi connectivity index (χ0v) is 11.0. The summed E-state index contributed by atoms with van der Waals surface area (Å²) in [5.41, 5.74) is 1.82. The van der Waals surface area contributed by atoms with Crippen LogP contribution in [0, 0.1) is 23.2 Å². The van der Waals surface area contributed by atoms with Crippen LogP contribution in [-0.2, 0) is 10.2 Å². The van der Waals surface area contributed by atoms with Crippen molar-refractivity contribution in [1.82, 2.24) is 5.32 Å². The first-order valence-electron chi connectivity index (χ1n) is 6.41. The van der Waals surface area contributed by atoms with Gasteiger partial charge in [-0.1, -0.05) is 24.0 Å². The molecule has 2 rings (SSSR count). The first-order valence-corrected chi connectivity index (χ1v) is 6.41. The summed E-state index contributed by atoms with van der Waals surface area (Å²) in [7, 11) is 0. The van der Waals surface area contributed by atoms with Crippen molar-refractivity contribution in [3.63, 3.8) is 0 Å². The molecule has 1 aliphatic carbocycles. The second-order valence-electron chi connectivity index (χ2n) is 4.81. The van der Waals surface area contributed by atoms with E-state index < -0.39 is 0 Å². The number of nitrogens with zero attached hydrogens (tertiary/aromatic N) is 1. The van der Waals surface area contributed by atoms with Crippen LogP contribution in [0.25, 0.3) is 0 Å². The average molecular weight is 252 g/mol. The van der Waals surface area contributed by atoms with Crippen molar-refractivity contribution in [3.05, 3.63) is 35.4 Å². The Morgan fingerprint density at radius 3 is 2.58 bits per heavy atom. The van der Waals surface area contributed by atoms with Crippen molar-refractivity contribution >= 4 is 5.91 Å². The minimum absolute atomic E-state index is 0.0302. The number of hydrogen-bond acceptors (Lipinski definition) is 2. The van der Waals surface area contributed by atoms with Gasteiger partial charge in [-0.05, 0) is 30.5 Å². The van der Waals surface area contributed by atoms with Gasteiger partial charge in [0, 0.05) is 25.5 Å². The molecule has 1 aromatic carbocycles. The van der Waals surface area contributed by atoms with Gasteiger partial charge in [0.1, 0.15) is 0 Å². The molecular weight excluding hydrogens is 236 g/mol. The van der Waals surface area contributed by atoms with Crippen LogP contribution >= 0.6 is 0 Å². The third-order valence-electron chi connectivity index (χ3n) is 3.26. The quantitative estimate of drug-likeness (QED) is 0.661. The number of benzene rings is 1. The summed E-state index contributed by atoms with van der Waals surface area (Å²) in [6, 6.07) is 10.3. The lowest BCUT2D eigenvalue weighted by Crippen LogP contribution is -2.20. The number of carbonyl (C=O) groups excluding carboxylic acids is 1. The van der Waals surface area contributed by atoms with E-state index in [0.717, 1.165) is 24.0 Å². The van der Waals surface area contributed by atoms with Crippen LogP contribution in [0.2, 0.25) is 0 Å². The fourth-order valence-electron chi connectivity index (χ4n) is 1.93. The van der Waals surface area contributed by atoms with E-state index in [-0.39, 0.29) is 11.3 Å². The van der Waals surface area contributed by atoms with Gasteiger partial charge in [0.05, 0.1) is 11.5 Å². The van der Waals surface area contributed by atoms with Gasteiger partial charge in [-0.3, -0.25) is 4.79 Å². The van der Waals surface area contributed by atoms with Gasteiger partial charge in [0.15, 0.2) is 0 Å². The minimum Gasteiger partial charge on any atom is -0.355 e. The predicted octanol–water partition coefficient (Wildman–Crippen LogP) is 2.12. The van der Waals surface area contributed by atoms with Gasteiger partial charge < -0.3 is 5.32 Å². The zero-order valence-electron chi connectivity index (χ0n) is 11.0. The molecule has 1 N–H and O–H groups in total. The standard InChI is InChI=1S/C16H16N2O/c1-13(19)18-11-3-2-4-14-5-7-15(8-6-14)16(12-17)9-10-16/h5-8H,3,9-11H2,1H3,(H,18,19). The summed E-state index contributed by atoms with van der Waals surface area (Å²) in [5.74, 6) is 6.04. The highest BCUT2D eigenvalue weighted by molar-refractivity contribution is 5.72. The summed E-state index contributed by atoms with van der Waals surface area (Å²) in [4.78, 5) is 10.7. The topological polar surface area (TPSA) is 52.9 Å². The van der Waals surface area contributed by atoms with Crippen molar-refractivity contribution in [2.75, 3.05) is 6.54 Å². The molecule has 1 aromatic rings. The average Bonchev–Trinajstić information content (AvgIpc) is 3.20. The van der Waals surface area contributed by atoms with Crippen LogP contribution in [0.1, 0.15) is 37.3 Å². The summed E-state index contributed by atoms with van der Waals surface area (Å²) in [5, 5.41) is 11.8. The number of amides is 1. The Hall–Kier alpha value is -2.26. The molecule has 0 saturated heterocycles. The summed E-state index contributed by atoms with van der Waals surface area (Å²) >= 11 is 0. The van der Waals surface area contributed by atoms with Gasteiger partial charge >= 0.3 is 0 Å². The van der Waals surface area contributed by atoms with E-state index >= 15 is 0 Å². The number of nitrogens with one attached hydrogen (secondary N) is 1. The van der Waals surface area contributed by atoms with Crippen molar-refractivity contribution in [2.45, 2.75) is 31.6 Å². The molecule has 0 aromatic heterocycles. The van der Waals surface area contributed by atoms with Crippen LogP contribution in [0.15, 0.2) is 24.3 Å². The molecule has 0 atom stereocenters. The molecule has 19 heavy (non-hydrogen) atoms. The minimum atomic E-state index is -0.225. The van der Waals surface area contributed by atoms with Gasteiger partial charge in [0.2, 0.25) is 5.91 Å². The Kier molecular flexibility index (Phi) is 3.88. The van der Waals surface area contributed by atoms with Crippen LogP contribution in [0.3, 0.4) is 0 Å². The van der Waals surface area contributed by atoms with Crippen LogP contribution in [0.5, 0.6) is 0 Å². The summed E-state index contributed by atoms with van der Waals surface area (Å²) < 4.78 is 0. The van der Waals surface area contributed by atoms with Crippen LogP contribution < -0.4 is 5.32 Å². The second-order valence-corrected chi connectivity index (χ2v) is 4.81. The van der Waals surface area contributed by atoms with Gasteiger partial charge in [-0.15, -0.1) is 0 Å². The maximum Gasteiger partial charge on any atom is 0.216 e. The Bertz CT molecular complexity index is 565. The molecule has 0 unspecified atom stereocenters. The molecule has 3 heteroatoms. The van der Waals surface area contributed by atoms with Crippen molar-refractivity contribution in [2.24, 2.45) is 0 Å². The van der Waals surface area contributed by atoms with E-state index in [2.05, 4.69) is 23.2 Å². The Morgan fingerprint density at radius 1 is 1.37 bits per heavy atom. The van der Waals surface area contributed by atoms with E-state index in [4.69, 9.17) is 5.26 Å². The summed E-state index contributed by atoms with van der Waals surface area (Å²) in [6.07, 6.45) is 2.57. The maximum atomic E-state index is 10.7. The van der Waals surface area contributed by atoms with Crippen molar-refractivity contribution in [3.8, 4) is 17.9 Å². The SMILES string of the molecule is CC(=O)NCCC#Cc1ccc(C2(C#N)CC2)cc1. The Morgan fingerprint density at radius 2 is 2.05 bits per heavy atom. The highest BCUT2D eigenvalue weighted by atomic mass is 16.1. The normalized spacial score (nSPS) is 14.7. The lowest BCUT2D eigenvalue weighted by molar-refractivity contribution is -0.118. The van der Waals surface area contributed by atoms with Crippen molar-refractivity contribution in [1.29, 1.82) is 5.26 Å². The highest BCUT2D eigenvalue weighted by Crippen LogP contribution is 2.47. The van der Waals surface area contributed by atoms with Gasteiger partial charge in [0.25, 0.3) is 0 Å². The molecule has 1 amide bonds. The number of hydrogen-bond donors (Lipinski definition) is 1. The molecule has 0 bridgehead atoms. The first kappa shape index (κ1) is 13.2. The van der Waals surface area contributed by atoms with E-state index in [1.54, 1.807) is 0 Å². The molecule has 1 fully saturated rings. The smallest absolute Gasteiger partial charge is 0.216 e. The number of nitriles is 1. The molecule has 1 aliphatic rings. The lowest BCUT2D eigenvalue weighted by atomic mass is 9.97. The van der Waals surface area contributed by atoms with Crippen molar-refractivity contribution < 1.29 is 4.79 Å². The molecule has 96 valence electrons. The van der Waals surface area contributed by atoms with Crippen LogP contribution in [0.4, 0.5) is 0 Å². The third kappa shape index (κ3) is 3.36.